The Labute approximate surface area is 220 Å². The van der Waals surface area contributed by atoms with Crippen molar-refractivity contribution < 1.29 is 14.4 Å². The van der Waals surface area contributed by atoms with Gasteiger partial charge in [-0.3, -0.25) is 18.9 Å². The Hall–Kier alpha value is -2.75. The van der Waals surface area contributed by atoms with E-state index in [9.17, 15) is 14.4 Å². The van der Waals surface area contributed by atoms with Crippen molar-refractivity contribution in [3.05, 3.63) is 11.3 Å². The predicted molar refractivity (Wildman–Crippen MR) is 142 cm³/mol. The van der Waals surface area contributed by atoms with Crippen LogP contribution in [0.3, 0.4) is 0 Å². The number of amides is 3. The molecule has 0 spiro atoms. The van der Waals surface area contributed by atoms with Gasteiger partial charge >= 0.3 is 0 Å². The lowest BCUT2D eigenvalue weighted by Crippen LogP contribution is -2.58. The van der Waals surface area contributed by atoms with Gasteiger partial charge in [0.1, 0.15) is 5.69 Å². The van der Waals surface area contributed by atoms with Crippen LogP contribution in [0.4, 0.5) is 11.8 Å². The van der Waals surface area contributed by atoms with Crippen molar-refractivity contribution in [2.45, 2.75) is 90.4 Å². The van der Waals surface area contributed by atoms with Crippen molar-refractivity contribution in [2.24, 2.45) is 0 Å². The lowest BCUT2D eigenvalue weighted by Gasteiger charge is -2.37. The third-order valence-corrected chi connectivity index (χ3v) is 8.92. The number of carbonyl (C=O) groups is 3. The van der Waals surface area contributed by atoms with Gasteiger partial charge in [0.05, 0.1) is 25.7 Å². The van der Waals surface area contributed by atoms with Crippen LogP contribution in [0.25, 0.3) is 0 Å². The number of piperazine rings is 1. The zero-order valence-corrected chi connectivity index (χ0v) is 22.8. The molecule has 2 saturated heterocycles. The molecule has 1 aromatic rings. The maximum absolute atomic E-state index is 13.6. The summed E-state index contributed by atoms with van der Waals surface area (Å²) < 4.78 is 0.406. The number of likely N-dealkylation sites (N-methyl/N-ethyl adjacent to an activating group) is 1. The summed E-state index contributed by atoms with van der Waals surface area (Å²) in [5, 5.41) is 3.36. The third kappa shape index (κ3) is 4.80. The number of fused-ring (bicyclic) bond motifs is 1. The van der Waals surface area contributed by atoms with Crippen LogP contribution in [0.15, 0.2) is 0 Å². The quantitative estimate of drug-likeness (QED) is 0.607. The first kappa shape index (κ1) is 25.9. The van der Waals surface area contributed by atoms with E-state index in [1.165, 1.54) is 19.3 Å². The highest BCUT2D eigenvalue weighted by Gasteiger charge is 2.50. The number of aromatic nitrogens is 2. The second-order valence-corrected chi connectivity index (χ2v) is 11.7. The van der Waals surface area contributed by atoms with Crippen LogP contribution in [0, 0.1) is 0 Å². The maximum Gasteiger partial charge on any atom is 0.279 e. The molecule has 0 bridgehead atoms. The first-order chi connectivity index (χ1) is 17.7. The van der Waals surface area contributed by atoms with Gasteiger partial charge in [-0.05, 0) is 26.7 Å². The van der Waals surface area contributed by atoms with Gasteiger partial charge in [0.25, 0.3) is 11.8 Å². The summed E-state index contributed by atoms with van der Waals surface area (Å²) in [5.41, 5.74) is 1.34. The highest BCUT2D eigenvalue weighted by atomic mass is 16.2. The molecule has 3 aliphatic heterocycles. The van der Waals surface area contributed by atoms with Gasteiger partial charge in [-0.25, -0.2) is 4.98 Å². The number of rotatable bonds is 5. The zero-order valence-electron chi connectivity index (χ0n) is 22.8. The van der Waals surface area contributed by atoms with Gasteiger partial charge in [0.15, 0.2) is 6.04 Å². The molecule has 4 heterocycles. The van der Waals surface area contributed by atoms with Gasteiger partial charge < -0.3 is 20.0 Å². The fourth-order valence-electron chi connectivity index (χ4n) is 6.61. The van der Waals surface area contributed by atoms with Crippen molar-refractivity contribution in [1.82, 2.24) is 29.6 Å². The molecule has 1 unspecified atom stereocenters. The van der Waals surface area contributed by atoms with Gasteiger partial charge in [-0.2, -0.15) is 4.98 Å². The lowest BCUT2D eigenvalue weighted by molar-refractivity contribution is -0.129. The summed E-state index contributed by atoms with van der Waals surface area (Å²) in [7, 11) is 2.11. The molecular weight excluding hydrogens is 470 g/mol. The highest BCUT2D eigenvalue weighted by molar-refractivity contribution is 5.98. The van der Waals surface area contributed by atoms with E-state index in [4.69, 9.17) is 9.97 Å². The topological polar surface area (TPSA) is 98.7 Å². The number of hydrogen-bond acceptors (Lipinski definition) is 6. The summed E-state index contributed by atoms with van der Waals surface area (Å²) >= 11 is 0. The predicted octanol–water partition coefficient (Wildman–Crippen LogP) is 2.06. The van der Waals surface area contributed by atoms with Crippen LogP contribution in [0.1, 0.15) is 81.8 Å². The van der Waals surface area contributed by atoms with Crippen molar-refractivity contribution >= 4 is 29.5 Å². The lowest BCUT2D eigenvalue weighted by atomic mass is 9.95. The zero-order chi connectivity index (χ0) is 26.3. The smallest absolute Gasteiger partial charge is 0.279 e. The minimum absolute atomic E-state index is 0.0476. The molecule has 202 valence electrons. The number of anilines is 1. The van der Waals surface area contributed by atoms with E-state index in [2.05, 4.69) is 17.3 Å². The number of nitrogens with zero attached hydrogens (tertiary/aromatic N) is 6. The van der Waals surface area contributed by atoms with Crippen LogP contribution >= 0.6 is 0 Å². The second kappa shape index (κ2) is 10.2. The Balaban J connectivity index is 1.49. The van der Waals surface area contributed by atoms with Crippen LogP contribution in [-0.2, 0) is 16.1 Å². The summed E-state index contributed by atoms with van der Waals surface area (Å²) in [5.74, 6) is 1.47. The van der Waals surface area contributed by atoms with E-state index in [0.29, 0.717) is 48.8 Å². The van der Waals surface area contributed by atoms with Crippen LogP contribution in [0.2, 0.25) is 0 Å². The molecule has 0 aromatic carbocycles. The number of likely N-dealkylation sites (tertiary alicyclic amines) is 1. The summed E-state index contributed by atoms with van der Waals surface area (Å²) in [4.78, 5) is 54.6. The van der Waals surface area contributed by atoms with E-state index in [0.717, 1.165) is 43.6 Å². The fourth-order valence-corrected chi connectivity index (χ4v) is 6.61. The number of hydrogen-bond donors (Lipinski definition) is 1. The third-order valence-electron chi connectivity index (χ3n) is 8.92. The molecule has 0 radical (unpaired) electrons. The maximum atomic E-state index is 13.6. The average Bonchev–Trinajstić information content (AvgIpc) is 3.45. The highest BCUT2D eigenvalue weighted by Crippen LogP contribution is 2.40. The molecule has 1 saturated carbocycles. The van der Waals surface area contributed by atoms with E-state index in [1.807, 2.05) is 23.6 Å². The van der Waals surface area contributed by atoms with Crippen molar-refractivity contribution in [2.75, 3.05) is 44.7 Å². The molecule has 37 heavy (non-hydrogen) atoms. The molecule has 4 aliphatic rings. The standard InChI is InChI=1S/C27H41N7O3/c1-18(2)33-17-21-23(26(33)37)29-27(32-14-12-31(13-15-32)19(3)35)30-24(21)34(4)16-8-11-22(34)25(36)28-20-9-6-5-7-10-20/h18,20,22H,5-17H2,1-4H3/p+1/t22-,34?/m1/s1. The SMILES string of the molecule is CC(=O)N1CCN(c2nc3c(c([N+]4(C)CCC[C@@H]4C(=O)NC4CCCCC4)n2)CN(C(C)C)C3=O)CC1. The summed E-state index contributed by atoms with van der Waals surface area (Å²) in [6.07, 6.45) is 7.46. The Morgan fingerprint density at radius 1 is 1.00 bits per heavy atom. The molecule has 3 fully saturated rings. The van der Waals surface area contributed by atoms with E-state index >= 15 is 0 Å². The number of nitrogens with one attached hydrogen (secondary N) is 1. The Kier molecular flexibility index (Phi) is 7.13. The van der Waals surface area contributed by atoms with E-state index in [1.54, 1.807) is 6.92 Å². The molecular formula is C27H42N7O3+. The first-order valence-corrected chi connectivity index (χ1v) is 14.1. The molecule has 1 N–H and O–H groups in total. The van der Waals surface area contributed by atoms with Gasteiger partial charge in [-0.1, -0.05) is 19.3 Å². The van der Waals surface area contributed by atoms with Gasteiger partial charge in [-0.15, -0.1) is 0 Å². The second-order valence-electron chi connectivity index (χ2n) is 11.7. The molecule has 2 atom stereocenters. The minimum atomic E-state index is -0.230. The molecule has 10 nitrogen and oxygen atoms in total. The molecule has 3 amide bonds. The van der Waals surface area contributed by atoms with Crippen LogP contribution < -0.4 is 14.7 Å². The molecule has 5 rings (SSSR count). The summed E-state index contributed by atoms with van der Waals surface area (Å²) in [6.45, 7) is 9.37. The van der Waals surface area contributed by atoms with E-state index in [-0.39, 0.29) is 35.8 Å². The Morgan fingerprint density at radius 3 is 2.35 bits per heavy atom. The molecule has 1 aliphatic carbocycles. The normalized spacial score (nSPS) is 26.7. The monoisotopic (exact) mass is 512 g/mol. The van der Waals surface area contributed by atoms with Crippen LogP contribution in [-0.4, -0.2) is 95.4 Å². The molecule has 10 heteroatoms. The fraction of sp³-hybridized carbons (Fsp3) is 0.741. The summed E-state index contributed by atoms with van der Waals surface area (Å²) in [6, 6.07) is 0.0792. The van der Waals surface area contributed by atoms with Crippen molar-refractivity contribution in [3.63, 3.8) is 0 Å². The van der Waals surface area contributed by atoms with E-state index < -0.39 is 0 Å². The van der Waals surface area contributed by atoms with Crippen molar-refractivity contribution in [3.8, 4) is 0 Å². The number of quaternary nitrogens is 1. The molecule has 1 aromatic heterocycles. The van der Waals surface area contributed by atoms with Crippen molar-refractivity contribution in [1.29, 1.82) is 0 Å². The van der Waals surface area contributed by atoms with Gasteiger partial charge in [0, 0.05) is 58.0 Å². The Bertz CT molecular complexity index is 1060. The number of carbonyl (C=O) groups excluding carboxylic acids is 3. The largest absolute Gasteiger partial charge is 0.348 e. The first-order valence-electron chi connectivity index (χ1n) is 14.1. The minimum Gasteiger partial charge on any atom is -0.348 e. The van der Waals surface area contributed by atoms with Gasteiger partial charge in [0.2, 0.25) is 17.7 Å². The van der Waals surface area contributed by atoms with Crippen LogP contribution in [0.5, 0.6) is 0 Å². The average molecular weight is 513 g/mol. The Morgan fingerprint density at radius 2 is 1.70 bits per heavy atom.